The van der Waals surface area contributed by atoms with Crippen LogP contribution in [0.2, 0.25) is 0 Å². The molecular weight excluding hydrogens is 226 g/mol. The summed E-state index contributed by atoms with van der Waals surface area (Å²) in [5.41, 5.74) is 6.49. The molecule has 0 saturated heterocycles. The normalized spacial score (nSPS) is 12.0. The van der Waals surface area contributed by atoms with Crippen LogP contribution in [0.25, 0.3) is 5.13 Å². The van der Waals surface area contributed by atoms with Gasteiger partial charge in [0.15, 0.2) is 11.0 Å². The molecule has 2 heterocycles. The third-order valence-corrected chi connectivity index (χ3v) is 3.27. The van der Waals surface area contributed by atoms with E-state index in [1.807, 2.05) is 13.8 Å². The number of nitrogens with two attached hydrogens (primary N) is 1. The number of aryl methyl sites for hydroxylation is 2. The Balaban J connectivity index is 2.52. The largest absolute Gasteiger partial charge is 0.409 e. The molecule has 2 aromatic heterocycles. The number of hydrogen-bond acceptors (Lipinski definition) is 5. The lowest BCUT2D eigenvalue weighted by Crippen LogP contribution is -2.18. The Morgan fingerprint density at radius 2 is 2.31 bits per heavy atom. The second kappa shape index (κ2) is 3.93. The summed E-state index contributed by atoms with van der Waals surface area (Å²) in [6.07, 6.45) is 3.31. The maximum absolute atomic E-state index is 8.63. The van der Waals surface area contributed by atoms with E-state index in [1.54, 1.807) is 17.0 Å². The van der Waals surface area contributed by atoms with E-state index < -0.39 is 0 Å². The molecule has 0 fully saturated rings. The molecule has 0 aliphatic carbocycles. The van der Waals surface area contributed by atoms with Crippen LogP contribution in [0.1, 0.15) is 16.4 Å². The van der Waals surface area contributed by atoms with Gasteiger partial charge in [0.25, 0.3) is 0 Å². The smallest absolute Gasteiger partial charge is 0.206 e. The van der Waals surface area contributed by atoms with E-state index in [9.17, 15) is 0 Å². The van der Waals surface area contributed by atoms with Gasteiger partial charge in [0.1, 0.15) is 0 Å². The summed E-state index contributed by atoms with van der Waals surface area (Å²) in [7, 11) is 0. The molecule has 16 heavy (non-hydrogen) atoms. The van der Waals surface area contributed by atoms with Crippen LogP contribution in [-0.2, 0) is 0 Å². The van der Waals surface area contributed by atoms with Crippen LogP contribution in [0, 0.1) is 13.8 Å². The predicted octanol–water partition coefficient (Wildman–Crippen LogP) is 1.04. The molecule has 0 atom stereocenters. The van der Waals surface area contributed by atoms with Crippen LogP contribution in [-0.4, -0.2) is 25.6 Å². The monoisotopic (exact) mass is 237 g/mol. The van der Waals surface area contributed by atoms with Gasteiger partial charge in [0, 0.05) is 17.3 Å². The summed E-state index contributed by atoms with van der Waals surface area (Å²) in [6, 6.07) is 0. The number of amidine groups is 1. The van der Waals surface area contributed by atoms with Gasteiger partial charge in [-0.25, -0.2) is 9.97 Å². The Hall–Kier alpha value is -1.89. The molecule has 3 N–H and O–H groups in total. The lowest BCUT2D eigenvalue weighted by molar-refractivity contribution is 0.318. The SMILES string of the molecule is Cc1nc(-n2ccnc2C(N)=NO)sc1C. The molecule has 0 bridgehead atoms. The average Bonchev–Trinajstić information content (AvgIpc) is 2.85. The lowest BCUT2D eigenvalue weighted by atomic mass is 10.4. The van der Waals surface area contributed by atoms with Gasteiger partial charge in [0.05, 0.1) is 5.69 Å². The van der Waals surface area contributed by atoms with Gasteiger partial charge >= 0.3 is 0 Å². The van der Waals surface area contributed by atoms with E-state index in [0.29, 0.717) is 5.82 Å². The minimum atomic E-state index is -0.0319. The third-order valence-electron chi connectivity index (χ3n) is 2.20. The minimum absolute atomic E-state index is 0.0319. The van der Waals surface area contributed by atoms with E-state index >= 15 is 0 Å². The first-order valence-corrected chi connectivity index (χ1v) is 5.40. The number of hydrogen-bond donors (Lipinski definition) is 2. The fourth-order valence-electron chi connectivity index (χ4n) is 1.25. The van der Waals surface area contributed by atoms with E-state index in [1.165, 1.54) is 11.3 Å². The molecule has 2 aromatic rings. The summed E-state index contributed by atoms with van der Waals surface area (Å²) in [5.74, 6) is 0.353. The number of aromatic nitrogens is 3. The first kappa shape index (κ1) is 10.6. The Morgan fingerprint density at radius 3 is 2.88 bits per heavy atom. The van der Waals surface area contributed by atoms with Crippen molar-refractivity contribution in [3.8, 4) is 5.13 Å². The molecule has 0 aromatic carbocycles. The second-order valence-electron chi connectivity index (χ2n) is 3.24. The zero-order valence-corrected chi connectivity index (χ0v) is 9.69. The van der Waals surface area contributed by atoms with E-state index in [4.69, 9.17) is 10.9 Å². The van der Waals surface area contributed by atoms with Gasteiger partial charge < -0.3 is 10.9 Å². The highest BCUT2D eigenvalue weighted by molar-refractivity contribution is 7.14. The van der Waals surface area contributed by atoms with Crippen LogP contribution in [0.15, 0.2) is 17.5 Å². The Morgan fingerprint density at radius 1 is 1.56 bits per heavy atom. The Kier molecular flexibility index (Phi) is 2.61. The van der Waals surface area contributed by atoms with Gasteiger partial charge in [-0.1, -0.05) is 5.16 Å². The molecule has 7 heteroatoms. The molecule has 0 amide bonds. The number of nitrogens with zero attached hydrogens (tertiary/aromatic N) is 4. The van der Waals surface area contributed by atoms with Gasteiger partial charge in [0.2, 0.25) is 5.84 Å². The van der Waals surface area contributed by atoms with Crippen molar-refractivity contribution in [2.24, 2.45) is 10.9 Å². The molecule has 0 aliphatic rings. The molecule has 6 nitrogen and oxygen atoms in total. The molecule has 0 spiro atoms. The molecule has 0 unspecified atom stereocenters. The van der Waals surface area contributed by atoms with Gasteiger partial charge in [-0.15, -0.1) is 11.3 Å². The molecule has 0 aliphatic heterocycles. The number of rotatable bonds is 2. The first-order valence-electron chi connectivity index (χ1n) is 4.59. The summed E-state index contributed by atoms with van der Waals surface area (Å²) >= 11 is 1.53. The van der Waals surface area contributed by atoms with Crippen molar-refractivity contribution in [1.82, 2.24) is 14.5 Å². The zero-order valence-electron chi connectivity index (χ0n) is 8.88. The van der Waals surface area contributed by atoms with E-state index in [2.05, 4.69) is 15.1 Å². The standard InChI is InChI=1S/C9H11N5OS/c1-5-6(2)16-9(12-5)14-4-3-11-8(14)7(10)13-15/h3-4,15H,1-2H3,(H2,10,13). The first-order chi connectivity index (χ1) is 7.63. The van der Waals surface area contributed by atoms with Crippen molar-refractivity contribution in [3.05, 3.63) is 28.8 Å². The van der Waals surface area contributed by atoms with Crippen molar-refractivity contribution < 1.29 is 5.21 Å². The van der Waals surface area contributed by atoms with Crippen LogP contribution < -0.4 is 5.73 Å². The van der Waals surface area contributed by atoms with Crippen molar-refractivity contribution in [1.29, 1.82) is 0 Å². The highest BCUT2D eigenvalue weighted by Crippen LogP contribution is 2.21. The average molecular weight is 237 g/mol. The minimum Gasteiger partial charge on any atom is -0.409 e. The fourth-order valence-corrected chi connectivity index (χ4v) is 2.15. The van der Waals surface area contributed by atoms with Gasteiger partial charge in [-0.05, 0) is 13.8 Å². The van der Waals surface area contributed by atoms with Crippen LogP contribution in [0.5, 0.6) is 0 Å². The van der Waals surface area contributed by atoms with Crippen molar-refractivity contribution >= 4 is 17.2 Å². The third kappa shape index (κ3) is 1.65. The highest BCUT2D eigenvalue weighted by Gasteiger charge is 2.13. The summed E-state index contributed by atoms with van der Waals surface area (Å²) in [6.45, 7) is 3.94. The number of oxime groups is 1. The fraction of sp³-hybridized carbons (Fsp3) is 0.222. The molecule has 0 saturated carbocycles. The van der Waals surface area contributed by atoms with Gasteiger partial charge in [-0.2, -0.15) is 0 Å². The van der Waals surface area contributed by atoms with Crippen molar-refractivity contribution in [2.45, 2.75) is 13.8 Å². The lowest BCUT2D eigenvalue weighted by Gasteiger charge is -2.01. The maximum Gasteiger partial charge on any atom is 0.206 e. The van der Waals surface area contributed by atoms with Crippen molar-refractivity contribution in [2.75, 3.05) is 0 Å². The Labute approximate surface area is 96.1 Å². The van der Waals surface area contributed by atoms with E-state index in [0.717, 1.165) is 15.7 Å². The maximum atomic E-state index is 8.63. The molecular formula is C9H11N5OS. The quantitative estimate of drug-likeness (QED) is 0.353. The van der Waals surface area contributed by atoms with Crippen molar-refractivity contribution in [3.63, 3.8) is 0 Å². The molecule has 0 radical (unpaired) electrons. The van der Waals surface area contributed by atoms with Crippen LogP contribution in [0.4, 0.5) is 0 Å². The summed E-state index contributed by atoms with van der Waals surface area (Å²) < 4.78 is 1.69. The number of imidazole rings is 1. The van der Waals surface area contributed by atoms with Gasteiger partial charge in [-0.3, -0.25) is 4.57 Å². The Bertz CT molecular complexity index is 522. The summed E-state index contributed by atoms with van der Waals surface area (Å²) in [5, 5.41) is 12.3. The summed E-state index contributed by atoms with van der Waals surface area (Å²) in [4.78, 5) is 9.53. The predicted molar refractivity (Wildman–Crippen MR) is 61.2 cm³/mol. The van der Waals surface area contributed by atoms with E-state index in [-0.39, 0.29) is 5.84 Å². The van der Waals surface area contributed by atoms with Crippen LogP contribution in [0.3, 0.4) is 0 Å². The topological polar surface area (TPSA) is 89.3 Å². The highest BCUT2D eigenvalue weighted by atomic mass is 32.1. The van der Waals surface area contributed by atoms with Crippen LogP contribution >= 0.6 is 11.3 Å². The second-order valence-corrected chi connectivity index (χ2v) is 4.43. The number of thiazole rings is 1. The zero-order chi connectivity index (χ0) is 11.7. The molecule has 2 rings (SSSR count). The molecule has 84 valence electrons.